The molecule has 0 aliphatic heterocycles. The van der Waals surface area contributed by atoms with Crippen molar-refractivity contribution in [1.29, 1.82) is 0 Å². The lowest BCUT2D eigenvalue weighted by atomic mass is 10.1. The monoisotopic (exact) mass is 370 g/mol. The van der Waals surface area contributed by atoms with Crippen molar-refractivity contribution in [1.82, 2.24) is 9.88 Å². The summed E-state index contributed by atoms with van der Waals surface area (Å²) in [6, 6.07) is 14.4. The molecule has 0 aliphatic rings. The van der Waals surface area contributed by atoms with E-state index < -0.39 is 0 Å². The Morgan fingerprint density at radius 1 is 1.20 bits per heavy atom. The largest absolute Gasteiger partial charge is 0.336 e. The average Bonchev–Trinajstić information content (AvgIpc) is 3.05. The van der Waals surface area contributed by atoms with Crippen molar-refractivity contribution in [2.24, 2.45) is 0 Å². The van der Waals surface area contributed by atoms with Crippen LogP contribution < -0.4 is 0 Å². The van der Waals surface area contributed by atoms with Crippen molar-refractivity contribution in [3.05, 3.63) is 58.6 Å². The summed E-state index contributed by atoms with van der Waals surface area (Å²) in [4.78, 5) is 20.2. The average molecular weight is 371 g/mol. The SMILES string of the molecule is Cc1ccc(SCC(=O)N(C)[C@H](C)c2nc3ccccc3s2)cc1C. The molecule has 5 heteroatoms. The first-order valence-electron chi connectivity index (χ1n) is 8.27. The maximum Gasteiger partial charge on any atom is 0.233 e. The second kappa shape index (κ2) is 7.58. The number of rotatable bonds is 5. The van der Waals surface area contributed by atoms with Gasteiger partial charge in [-0.2, -0.15) is 0 Å². The minimum Gasteiger partial charge on any atom is -0.336 e. The van der Waals surface area contributed by atoms with Gasteiger partial charge in [0, 0.05) is 11.9 Å². The van der Waals surface area contributed by atoms with Crippen LogP contribution in [-0.2, 0) is 4.79 Å². The van der Waals surface area contributed by atoms with Gasteiger partial charge in [0.25, 0.3) is 0 Å². The molecule has 130 valence electrons. The van der Waals surface area contributed by atoms with Crippen molar-refractivity contribution in [3.8, 4) is 0 Å². The highest BCUT2D eigenvalue weighted by Crippen LogP contribution is 2.29. The normalized spacial score (nSPS) is 12.3. The molecule has 0 fully saturated rings. The van der Waals surface area contributed by atoms with Gasteiger partial charge in [-0.05, 0) is 56.2 Å². The summed E-state index contributed by atoms with van der Waals surface area (Å²) in [7, 11) is 1.86. The number of para-hydroxylation sites is 1. The van der Waals surface area contributed by atoms with Gasteiger partial charge in [0.05, 0.1) is 22.0 Å². The summed E-state index contributed by atoms with van der Waals surface area (Å²) >= 11 is 3.25. The first kappa shape index (κ1) is 18.0. The highest BCUT2D eigenvalue weighted by Gasteiger charge is 2.20. The summed E-state index contributed by atoms with van der Waals surface area (Å²) in [5, 5.41) is 0.980. The van der Waals surface area contributed by atoms with Crippen molar-refractivity contribution in [3.63, 3.8) is 0 Å². The molecule has 0 spiro atoms. The smallest absolute Gasteiger partial charge is 0.233 e. The number of nitrogens with zero attached hydrogens (tertiary/aromatic N) is 2. The van der Waals surface area contributed by atoms with Gasteiger partial charge in [0.2, 0.25) is 5.91 Å². The fourth-order valence-electron chi connectivity index (χ4n) is 2.50. The lowest BCUT2D eigenvalue weighted by Gasteiger charge is -2.23. The number of hydrogen-bond acceptors (Lipinski definition) is 4. The molecule has 0 aliphatic carbocycles. The number of aryl methyl sites for hydroxylation is 2. The summed E-state index contributed by atoms with van der Waals surface area (Å²) < 4.78 is 1.16. The van der Waals surface area contributed by atoms with Crippen LogP contribution in [0.1, 0.15) is 29.1 Å². The van der Waals surface area contributed by atoms with E-state index in [-0.39, 0.29) is 11.9 Å². The third-order valence-corrected chi connectivity index (χ3v) is 6.67. The van der Waals surface area contributed by atoms with Gasteiger partial charge in [-0.25, -0.2) is 4.98 Å². The van der Waals surface area contributed by atoms with E-state index in [1.54, 1.807) is 28.0 Å². The molecular formula is C20H22N2OS2. The number of benzene rings is 2. The van der Waals surface area contributed by atoms with E-state index in [0.29, 0.717) is 5.75 Å². The number of thioether (sulfide) groups is 1. The van der Waals surface area contributed by atoms with Crippen molar-refractivity contribution >= 4 is 39.2 Å². The Labute approximate surface area is 157 Å². The van der Waals surface area contributed by atoms with E-state index >= 15 is 0 Å². The summed E-state index contributed by atoms with van der Waals surface area (Å²) in [5.74, 6) is 0.559. The molecule has 3 nitrogen and oxygen atoms in total. The number of hydrogen-bond donors (Lipinski definition) is 0. The number of amides is 1. The molecule has 0 saturated heterocycles. The molecule has 0 unspecified atom stereocenters. The Kier molecular flexibility index (Phi) is 5.45. The van der Waals surface area contributed by atoms with Gasteiger partial charge in [0.15, 0.2) is 0 Å². The zero-order chi connectivity index (χ0) is 18.0. The van der Waals surface area contributed by atoms with Crippen molar-refractivity contribution in [2.45, 2.75) is 31.7 Å². The Morgan fingerprint density at radius 3 is 2.68 bits per heavy atom. The number of thiazole rings is 1. The van der Waals surface area contributed by atoms with Crippen molar-refractivity contribution < 1.29 is 4.79 Å². The van der Waals surface area contributed by atoms with E-state index in [1.165, 1.54) is 11.1 Å². The lowest BCUT2D eigenvalue weighted by Crippen LogP contribution is -2.31. The third-order valence-electron chi connectivity index (χ3n) is 4.48. The molecule has 1 aromatic heterocycles. The van der Waals surface area contributed by atoms with Crippen molar-refractivity contribution in [2.75, 3.05) is 12.8 Å². The summed E-state index contributed by atoms with van der Waals surface area (Å²) in [5.41, 5.74) is 3.53. The topological polar surface area (TPSA) is 33.2 Å². The molecule has 0 N–H and O–H groups in total. The van der Waals surface area contributed by atoms with E-state index in [0.717, 1.165) is 20.1 Å². The van der Waals surface area contributed by atoms with E-state index in [2.05, 4.69) is 43.1 Å². The van der Waals surface area contributed by atoms with Crippen LogP contribution in [0.5, 0.6) is 0 Å². The Morgan fingerprint density at radius 2 is 1.96 bits per heavy atom. The minimum absolute atomic E-state index is 0.0229. The van der Waals surface area contributed by atoms with Crippen LogP contribution >= 0.6 is 23.1 Å². The number of fused-ring (bicyclic) bond motifs is 1. The minimum atomic E-state index is -0.0229. The Balaban J connectivity index is 1.65. The lowest BCUT2D eigenvalue weighted by molar-refractivity contribution is -0.128. The first-order chi connectivity index (χ1) is 12.0. The second-order valence-electron chi connectivity index (χ2n) is 6.24. The Hall–Kier alpha value is -1.85. The zero-order valence-corrected chi connectivity index (χ0v) is 16.6. The van der Waals surface area contributed by atoms with Crippen LogP contribution in [0.4, 0.5) is 0 Å². The summed E-state index contributed by atoms with van der Waals surface area (Å²) in [6.07, 6.45) is 0. The van der Waals surface area contributed by atoms with Crippen LogP contribution in [0.15, 0.2) is 47.4 Å². The maximum absolute atomic E-state index is 12.6. The number of aromatic nitrogens is 1. The number of carbonyl (C=O) groups is 1. The van der Waals surface area contributed by atoms with E-state index in [1.807, 2.05) is 32.2 Å². The molecule has 3 aromatic rings. The predicted octanol–water partition coefficient (Wildman–Crippen LogP) is 5.22. The quantitative estimate of drug-likeness (QED) is 0.577. The second-order valence-corrected chi connectivity index (χ2v) is 8.35. The highest BCUT2D eigenvalue weighted by molar-refractivity contribution is 8.00. The molecule has 0 radical (unpaired) electrons. The third kappa shape index (κ3) is 4.05. The fourth-order valence-corrected chi connectivity index (χ4v) is 4.48. The van der Waals surface area contributed by atoms with Crippen LogP contribution in [0.3, 0.4) is 0 Å². The fraction of sp³-hybridized carbons (Fsp3) is 0.300. The van der Waals surface area contributed by atoms with Crippen LogP contribution in [0.2, 0.25) is 0 Å². The first-order valence-corrected chi connectivity index (χ1v) is 10.1. The number of carbonyl (C=O) groups excluding carboxylic acids is 1. The van der Waals surface area contributed by atoms with Gasteiger partial charge in [-0.1, -0.05) is 18.2 Å². The highest BCUT2D eigenvalue weighted by atomic mass is 32.2. The molecular weight excluding hydrogens is 348 g/mol. The Bertz CT molecular complexity index is 871. The van der Waals surface area contributed by atoms with Gasteiger partial charge >= 0.3 is 0 Å². The molecule has 3 rings (SSSR count). The van der Waals surface area contributed by atoms with Crippen LogP contribution in [0, 0.1) is 13.8 Å². The van der Waals surface area contributed by atoms with E-state index in [9.17, 15) is 4.79 Å². The molecule has 0 bridgehead atoms. The van der Waals surface area contributed by atoms with Gasteiger partial charge in [0.1, 0.15) is 5.01 Å². The van der Waals surface area contributed by atoms with Crippen LogP contribution in [-0.4, -0.2) is 28.6 Å². The molecule has 0 saturated carbocycles. The predicted molar refractivity (Wildman–Crippen MR) is 107 cm³/mol. The molecule has 1 amide bonds. The summed E-state index contributed by atoms with van der Waals surface area (Å²) in [6.45, 7) is 6.24. The van der Waals surface area contributed by atoms with Crippen LogP contribution in [0.25, 0.3) is 10.2 Å². The zero-order valence-electron chi connectivity index (χ0n) is 14.9. The van der Waals surface area contributed by atoms with E-state index in [4.69, 9.17) is 0 Å². The molecule has 1 heterocycles. The van der Waals surface area contributed by atoms with Gasteiger partial charge < -0.3 is 4.90 Å². The maximum atomic E-state index is 12.6. The molecule has 2 aromatic carbocycles. The molecule has 25 heavy (non-hydrogen) atoms. The van der Waals surface area contributed by atoms with Gasteiger partial charge in [-0.3, -0.25) is 4.79 Å². The standard InChI is InChI=1S/C20H22N2OS2/c1-13-9-10-16(11-14(13)2)24-12-19(23)22(4)15(3)20-21-17-7-5-6-8-18(17)25-20/h5-11,15H,12H2,1-4H3/t15-/m1/s1. The molecule has 1 atom stereocenters. The van der Waals surface area contributed by atoms with Gasteiger partial charge in [-0.15, -0.1) is 23.1 Å².